The summed E-state index contributed by atoms with van der Waals surface area (Å²) in [5, 5.41) is 3.40. The number of halogens is 4. The van der Waals surface area contributed by atoms with Crippen molar-refractivity contribution in [1.29, 1.82) is 0 Å². The Balaban J connectivity index is 0.00000342. The van der Waals surface area contributed by atoms with Crippen LogP contribution in [0.4, 0.5) is 14.5 Å². The lowest BCUT2D eigenvalue weighted by Gasteiger charge is -2.39. The Hall–Kier alpha value is -2.59. The second-order valence-electron chi connectivity index (χ2n) is 7.78. The standard InChI is InChI=1S/C24H23ClF2N2O4S.ClH/c1-32-23-9-7-18(12-24(23)33-2)34(30,31)29(17-13-28-14-17)22-8-6-16(25)10-15(22)11-19-20(26)4-3-5-21(19)27;/h3-10,12,17,28H,11,13-14H2,1-2H3;1H. The first-order valence-electron chi connectivity index (χ1n) is 10.4. The zero-order valence-corrected chi connectivity index (χ0v) is 21.3. The summed E-state index contributed by atoms with van der Waals surface area (Å²) in [7, 11) is -1.22. The van der Waals surface area contributed by atoms with E-state index in [1.54, 1.807) is 12.1 Å². The van der Waals surface area contributed by atoms with E-state index in [2.05, 4.69) is 5.32 Å². The SMILES string of the molecule is COc1ccc(S(=O)(=O)N(c2ccc(Cl)cc2Cc2c(F)cccc2F)C2CNC2)cc1OC.Cl. The summed E-state index contributed by atoms with van der Waals surface area (Å²) in [6, 6.07) is 12.2. The van der Waals surface area contributed by atoms with E-state index in [0.717, 1.165) is 12.1 Å². The van der Waals surface area contributed by atoms with Gasteiger partial charge in [0.15, 0.2) is 11.5 Å². The third-order valence-corrected chi connectivity index (χ3v) is 7.81. The second kappa shape index (κ2) is 11.0. The number of hydrogen-bond acceptors (Lipinski definition) is 5. The van der Waals surface area contributed by atoms with Gasteiger partial charge in [-0.2, -0.15) is 0 Å². The van der Waals surface area contributed by atoms with Gasteiger partial charge in [0, 0.05) is 36.2 Å². The topological polar surface area (TPSA) is 67.9 Å². The van der Waals surface area contributed by atoms with Crippen molar-refractivity contribution < 1.29 is 26.7 Å². The summed E-state index contributed by atoms with van der Waals surface area (Å²) in [5.41, 5.74) is 0.516. The Labute approximate surface area is 214 Å². The molecule has 0 spiro atoms. The molecular formula is C24H24Cl2F2N2O4S. The molecule has 0 radical (unpaired) electrons. The normalized spacial score (nSPS) is 13.5. The van der Waals surface area contributed by atoms with Gasteiger partial charge in [-0.15, -0.1) is 12.4 Å². The minimum Gasteiger partial charge on any atom is -0.493 e. The van der Waals surface area contributed by atoms with E-state index in [1.807, 2.05) is 0 Å². The van der Waals surface area contributed by atoms with Crippen LogP contribution in [0.25, 0.3) is 0 Å². The van der Waals surface area contributed by atoms with Gasteiger partial charge < -0.3 is 14.8 Å². The maximum absolute atomic E-state index is 14.4. The summed E-state index contributed by atoms with van der Waals surface area (Å²) in [5.74, 6) is -0.781. The summed E-state index contributed by atoms with van der Waals surface area (Å²) in [6.07, 6.45) is -0.174. The van der Waals surface area contributed by atoms with E-state index in [1.165, 1.54) is 48.9 Å². The third kappa shape index (κ3) is 5.33. The Morgan fingerprint density at radius 2 is 1.66 bits per heavy atom. The van der Waals surface area contributed by atoms with E-state index >= 15 is 0 Å². The van der Waals surface area contributed by atoms with Gasteiger partial charge in [0.1, 0.15) is 11.6 Å². The molecule has 1 N–H and O–H groups in total. The molecule has 3 aromatic carbocycles. The lowest BCUT2D eigenvalue weighted by atomic mass is 10.0. The van der Waals surface area contributed by atoms with Crippen molar-refractivity contribution in [3.05, 3.63) is 82.4 Å². The van der Waals surface area contributed by atoms with Crippen LogP contribution in [0.15, 0.2) is 59.5 Å². The second-order valence-corrected chi connectivity index (χ2v) is 10.0. The molecule has 3 aromatic rings. The fourth-order valence-electron chi connectivity index (χ4n) is 3.85. The van der Waals surface area contributed by atoms with Gasteiger partial charge in [0.05, 0.1) is 30.8 Å². The van der Waals surface area contributed by atoms with Crippen LogP contribution in [-0.4, -0.2) is 41.8 Å². The average molecular weight is 545 g/mol. The molecular weight excluding hydrogens is 521 g/mol. The first-order valence-corrected chi connectivity index (χ1v) is 12.3. The van der Waals surface area contributed by atoms with Crippen molar-refractivity contribution in [3.63, 3.8) is 0 Å². The van der Waals surface area contributed by atoms with Crippen LogP contribution in [0, 0.1) is 11.6 Å². The van der Waals surface area contributed by atoms with E-state index < -0.39 is 27.7 Å². The van der Waals surface area contributed by atoms with Crippen LogP contribution in [0.2, 0.25) is 5.02 Å². The Morgan fingerprint density at radius 1 is 1.00 bits per heavy atom. The van der Waals surface area contributed by atoms with Gasteiger partial charge in [0.25, 0.3) is 10.0 Å². The number of rotatable bonds is 8. The Bertz CT molecular complexity index is 1300. The smallest absolute Gasteiger partial charge is 0.264 e. The minimum atomic E-state index is -4.09. The van der Waals surface area contributed by atoms with Crippen LogP contribution in [0.1, 0.15) is 11.1 Å². The number of anilines is 1. The van der Waals surface area contributed by atoms with Gasteiger partial charge in [-0.1, -0.05) is 17.7 Å². The van der Waals surface area contributed by atoms with Crippen LogP contribution in [0.5, 0.6) is 11.5 Å². The highest BCUT2D eigenvalue weighted by Gasteiger charge is 2.37. The predicted molar refractivity (Wildman–Crippen MR) is 134 cm³/mol. The number of sulfonamides is 1. The summed E-state index contributed by atoms with van der Waals surface area (Å²) in [4.78, 5) is -0.00461. The van der Waals surface area contributed by atoms with Crippen molar-refractivity contribution in [1.82, 2.24) is 5.32 Å². The highest BCUT2D eigenvalue weighted by Crippen LogP contribution is 2.36. The van der Waals surface area contributed by atoms with Gasteiger partial charge in [0.2, 0.25) is 0 Å². The molecule has 0 bridgehead atoms. The molecule has 0 atom stereocenters. The number of ether oxygens (including phenoxy) is 2. The monoisotopic (exact) mass is 544 g/mol. The Kier molecular flexibility index (Phi) is 8.48. The van der Waals surface area contributed by atoms with Crippen molar-refractivity contribution in [2.24, 2.45) is 0 Å². The van der Waals surface area contributed by atoms with E-state index in [-0.39, 0.29) is 35.0 Å². The predicted octanol–water partition coefficient (Wildman–Crippen LogP) is 4.82. The van der Waals surface area contributed by atoms with Crippen molar-refractivity contribution in [2.45, 2.75) is 17.4 Å². The zero-order valence-electron chi connectivity index (χ0n) is 18.9. The fraction of sp³-hybridized carbons (Fsp3) is 0.250. The van der Waals surface area contributed by atoms with Crippen molar-refractivity contribution >= 4 is 39.7 Å². The van der Waals surface area contributed by atoms with Crippen LogP contribution in [-0.2, 0) is 16.4 Å². The maximum atomic E-state index is 14.4. The number of nitrogens with one attached hydrogen (secondary N) is 1. The lowest BCUT2D eigenvalue weighted by molar-refractivity contribution is 0.354. The molecule has 0 saturated carbocycles. The molecule has 0 unspecified atom stereocenters. The largest absolute Gasteiger partial charge is 0.493 e. The first-order chi connectivity index (χ1) is 16.3. The number of nitrogens with zero attached hydrogens (tertiary/aromatic N) is 1. The Morgan fingerprint density at radius 3 is 2.23 bits per heavy atom. The van der Waals surface area contributed by atoms with Crippen molar-refractivity contribution in [3.8, 4) is 11.5 Å². The maximum Gasteiger partial charge on any atom is 0.264 e. The average Bonchev–Trinajstić information content (AvgIpc) is 2.78. The molecule has 0 aliphatic carbocycles. The molecule has 0 amide bonds. The van der Waals surface area contributed by atoms with E-state index in [4.69, 9.17) is 21.1 Å². The molecule has 1 fully saturated rings. The van der Waals surface area contributed by atoms with Crippen LogP contribution in [0.3, 0.4) is 0 Å². The molecule has 188 valence electrons. The summed E-state index contributed by atoms with van der Waals surface area (Å²) >= 11 is 6.20. The van der Waals surface area contributed by atoms with Gasteiger partial charge in [-0.3, -0.25) is 4.31 Å². The summed E-state index contributed by atoms with van der Waals surface area (Å²) in [6.45, 7) is 0.839. The molecule has 0 aromatic heterocycles. The number of hydrogen-bond donors (Lipinski definition) is 1. The third-order valence-electron chi connectivity index (χ3n) is 5.71. The molecule has 1 heterocycles. The minimum absolute atomic E-state index is 0. The summed E-state index contributed by atoms with van der Waals surface area (Å²) < 4.78 is 68.4. The van der Waals surface area contributed by atoms with E-state index in [0.29, 0.717) is 35.1 Å². The molecule has 35 heavy (non-hydrogen) atoms. The van der Waals surface area contributed by atoms with Crippen LogP contribution < -0.4 is 19.1 Å². The van der Waals surface area contributed by atoms with Gasteiger partial charge >= 0.3 is 0 Å². The fourth-order valence-corrected chi connectivity index (χ4v) is 5.75. The molecule has 6 nitrogen and oxygen atoms in total. The quantitative estimate of drug-likeness (QED) is 0.440. The molecule has 1 aliphatic heterocycles. The molecule has 11 heteroatoms. The first kappa shape index (κ1) is 27.0. The van der Waals surface area contributed by atoms with Crippen LogP contribution >= 0.6 is 24.0 Å². The van der Waals surface area contributed by atoms with Crippen molar-refractivity contribution in [2.75, 3.05) is 31.6 Å². The molecule has 4 rings (SSSR count). The molecule has 1 aliphatic rings. The number of benzene rings is 3. The van der Waals surface area contributed by atoms with Gasteiger partial charge in [-0.05, 0) is 48.0 Å². The number of methoxy groups -OCH3 is 2. The lowest BCUT2D eigenvalue weighted by Crippen LogP contribution is -2.59. The highest BCUT2D eigenvalue weighted by molar-refractivity contribution is 7.92. The van der Waals surface area contributed by atoms with Gasteiger partial charge in [-0.25, -0.2) is 17.2 Å². The zero-order chi connectivity index (χ0) is 24.5. The molecule has 1 saturated heterocycles. The highest BCUT2D eigenvalue weighted by atomic mass is 35.5. The van der Waals surface area contributed by atoms with E-state index in [9.17, 15) is 17.2 Å².